The zero-order valence-electron chi connectivity index (χ0n) is 14.3. The quantitative estimate of drug-likeness (QED) is 0.885. The summed E-state index contributed by atoms with van der Waals surface area (Å²) in [5.41, 5.74) is 1.31. The number of methoxy groups -OCH3 is 1. The van der Waals surface area contributed by atoms with Crippen LogP contribution in [-0.2, 0) is 6.54 Å². The molecule has 3 rings (SSSR count). The second-order valence-corrected chi connectivity index (χ2v) is 6.52. The summed E-state index contributed by atoms with van der Waals surface area (Å²) in [5, 5.41) is 14.7. The highest BCUT2D eigenvalue weighted by molar-refractivity contribution is 5.29. The highest BCUT2D eigenvalue weighted by Crippen LogP contribution is 2.31. The third-order valence-corrected chi connectivity index (χ3v) is 4.77. The number of hydrogen-bond acceptors (Lipinski definition) is 4. The Balaban J connectivity index is 1.69. The van der Waals surface area contributed by atoms with E-state index in [1.54, 1.807) is 18.0 Å². The van der Waals surface area contributed by atoms with Crippen molar-refractivity contribution in [3.8, 4) is 5.75 Å². The molecule has 1 fully saturated rings. The maximum atomic E-state index is 10.5. The molecule has 1 aliphatic heterocycles. The molecule has 2 atom stereocenters. The smallest absolute Gasteiger partial charge is 0.118 e. The van der Waals surface area contributed by atoms with E-state index in [1.807, 2.05) is 24.4 Å². The van der Waals surface area contributed by atoms with E-state index in [9.17, 15) is 5.11 Å². The largest absolute Gasteiger partial charge is 0.497 e. The Morgan fingerprint density at radius 1 is 1.21 bits per heavy atom. The number of aromatic nitrogens is 2. The Morgan fingerprint density at radius 3 is 2.75 bits per heavy atom. The van der Waals surface area contributed by atoms with Crippen LogP contribution in [0, 0.1) is 0 Å². The molecule has 1 saturated heterocycles. The molecule has 1 aliphatic rings. The first-order chi connectivity index (χ1) is 11.8. The summed E-state index contributed by atoms with van der Waals surface area (Å²) < 4.78 is 7.06. The molecule has 5 nitrogen and oxygen atoms in total. The van der Waals surface area contributed by atoms with Crippen LogP contribution in [0.2, 0.25) is 0 Å². The first-order valence-corrected chi connectivity index (χ1v) is 8.80. The highest BCUT2D eigenvalue weighted by atomic mass is 16.5. The van der Waals surface area contributed by atoms with Gasteiger partial charge in [0.15, 0.2) is 0 Å². The van der Waals surface area contributed by atoms with Gasteiger partial charge in [-0.15, -0.1) is 0 Å². The maximum Gasteiger partial charge on any atom is 0.118 e. The van der Waals surface area contributed by atoms with Crippen molar-refractivity contribution in [1.82, 2.24) is 14.7 Å². The van der Waals surface area contributed by atoms with Crippen LogP contribution in [0.3, 0.4) is 0 Å². The lowest BCUT2D eigenvalue weighted by Gasteiger charge is -2.32. The average Bonchev–Trinajstić information content (AvgIpc) is 3.00. The molecule has 1 aromatic heterocycles. The summed E-state index contributed by atoms with van der Waals surface area (Å²) >= 11 is 0. The molecule has 1 aromatic carbocycles. The van der Waals surface area contributed by atoms with Crippen molar-refractivity contribution in [2.75, 3.05) is 20.2 Å². The minimum Gasteiger partial charge on any atom is -0.497 e. The minimum atomic E-state index is -0.413. The number of aliphatic hydroxyl groups excluding tert-OH is 1. The Kier molecular flexibility index (Phi) is 5.88. The topological polar surface area (TPSA) is 50.5 Å². The maximum absolute atomic E-state index is 10.5. The zero-order chi connectivity index (χ0) is 16.8. The first-order valence-electron chi connectivity index (χ1n) is 8.80. The lowest BCUT2D eigenvalue weighted by atomic mass is 10.0. The molecule has 2 unspecified atom stereocenters. The second kappa shape index (κ2) is 8.31. The van der Waals surface area contributed by atoms with E-state index >= 15 is 0 Å². The Labute approximate surface area is 143 Å². The normalized spacial score (nSPS) is 20.5. The summed E-state index contributed by atoms with van der Waals surface area (Å²) in [6.45, 7) is 2.25. The van der Waals surface area contributed by atoms with Crippen LogP contribution in [0.1, 0.15) is 37.3 Å². The van der Waals surface area contributed by atoms with Gasteiger partial charge in [0, 0.05) is 25.0 Å². The fraction of sp³-hybridized carbons (Fsp3) is 0.526. The van der Waals surface area contributed by atoms with Crippen molar-refractivity contribution in [2.45, 2.75) is 44.4 Å². The Morgan fingerprint density at radius 2 is 2.04 bits per heavy atom. The second-order valence-electron chi connectivity index (χ2n) is 6.52. The molecule has 0 spiro atoms. The average molecular weight is 329 g/mol. The van der Waals surface area contributed by atoms with Gasteiger partial charge in [-0.25, -0.2) is 0 Å². The summed E-state index contributed by atoms with van der Waals surface area (Å²) in [4.78, 5) is 2.43. The van der Waals surface area contributed by atoms with Crippen molar-refractivity contribution in [1.29, 1.82) is 0 Å². The van der Waals surface area contributed by atoms with E-state index in [0.717, 1.165) is 18.7 Å². The molecule has 24 heavy (non-hydrogen) atoms. The standard InChI is InChI=1S/C19H27N3O2/c1-24-18-9-7-16(8-10-18)19-6-3-2-4-12-21(19)14-17(23)15-22-13-5-11-20-22/h5,7-11,13,17,19,23H,2-4,6,12,14-15H2,1H3. The van der Waals surface area contributed by atoms with Crippen molar-refractivity contribution < 1.29 is 9.84 Å². The predicted octanol–water partition coefficient (Wildman–Crippen LogP) is 2.87. The van der Waals surface area contributed by atoms with E-state index in [-0.39, 0.29) is 0 Å². The lowest BCUT2D eigenvalue weighted by Crippen LogP contribution is -2.37. The van der Waals surface area contributed by atoms with E-state index in [4.69, 9.17) is 4.74 Å². The van der Waals surface area contributed by atoms with Crippen LogP contribution < -0.4 is 4.74 Å². The van der Waals surface area contributed by atoms with E-state index in [2.05, 4.69) is 22.1 Å². The fourth-order valence-electron chi connectivity index (χ4n) is 3.54. The van der Waals surface area contributed by atoms with Crippen LogP contribution in [0.4, 0.5) is 0 Å². The molecule has 1 N–H and O–H groups in total. The summed E-state index contributed by atoms with van der Waals surface area (Å²) in [5.74, 6) is 0.887. The highest BCUT2D eigenvalue weighted by Gasteiger charge is 2.24. The Bertz CT molecular complexity index is 598. The number of likely N-dealkylation sites (tertiary alicyclic amines) is 1. The van der Waals surface area contributed by atoms with Gasteiger partial charge >= 0.3 is 0 Å². The molecule has 2 heterocycles. The molecule has 0 aliphatic carbocycles. The van der Waals surface area contributed by atoms with Crippen LogP contribution in [0.25, 0.3) is 0 Å². The lowest BCUT2D eigenvalue weighted by molar-refractivity contribution is 0.0737. The van der Waals surface area contributed by atoms with Gasteiger partial charge in [0.05, 0.1) is 19.8 Å². The van der Waals surface area contributed by atoms with Gasteiger partial charge in [-0.1, -0.05) is 25.0 Å². The molecule has 0 radical (unpaired) electrons. The van der Waals surface area contributed by atoms with Crippen LogP contribution in [0.15, 0.2) is 42.7 Å². The van der Waals surface area contributed by atoms with Crippen LogP contribution in [-0.4, -0.2) is 46.1 Å². The van der Waals surface area contributed by atoms with Crippen molar-refractivity contribution in [3.63, 3.8) is 0 Å². The predicted molar refractivity (Wildman–Crippen MR) is 94.0 cm³/mol. The van der Waals surface area contributed by atoms with Crippen LogP contribution >= 0.6 is 0 Å². The van der Waals surface area contributed by atoms with Crippen molar-refractivity contribution >= 4 is 0 Å². The zero-order valence-corrected chi connectivity index (χ0v) is 14.3. The van der Waals surface area contributed by atoms with Crippen molar-refractivity contribution in [3.05, 3.63) is 48.3 Å². The van der Waals surface area contributed by atoms with E-state index < -0.39 is 6.10 Å². The molecule has 0 amide bonds. The van der Waals surface area contributed by atoms with Crippen LogP contribution in [0.5, 0.6) is 5.75 Å². The third kappa shape index (κ3) is 4.36. The summed E-state index contributed by atoms with van der Waals surface area (Å²) in [7, 11) is 1.69. The van der Waals surface area contributed by atoms with Gasteiger partial charge in [0.2, 0.25) is 0 Å². The molecule has 5 heteroatoms. The Hall–Kier alpha value is -1.85. The minimum absolute atomic E-state index is 0.366. The third-order valence-electron chi connectivity index (χ3n) is 4.77. The number of rotatable bonds is 6. The fourth-order valence-corrected chi connectivity index (χ4v) is 3.54. The molecular weight excluding hydrogens is 302 g/mol. The van der Waals surface area contributed by atoms with Gasteiger partial charge in [-0.05, 0) is 43.1 Å². The molecule has 0 bridgehead atoms. The van der Waals surface area contributed by atoms with E-state index in [1.165, 1.54) is 24.8 Å². The van der Waals surface area contributed by atoms with Crippen molar-refractivity contribution in [2.24, 2.45) is 0 Å². The monoisotopic (exact) mass is 329 g/mol. The number of β-amino-alcohol motifs (C(OH)–C–C–N with tert-alkyl or cyclic N) is 1. The first kappa shape index (κ1) is 17.0. The number of benzene rings is 1. The number of hydrogen-bond donors (Lipinski definition) is 1. The SMILES string of the molecule is COc1ccc(C2CCCCCN2CC(O)Cn2cccn2)cc1. The molecule has 2 aromatic rings. The summed E-state index contributed by atoms with van der Waals surface area (Å²) in [6, 6.07) is 10.6. The molecule has 130 valence electrons. The van der Waals surface area contributed by atoms with Gasteiger partial charge in [-0.2, -0.15) is 5.10 Å². The van der Waals surface area contributed by atoms with Gasteiger partial charge in [0.25, 0.3) is 0 Å². The number of ether oxygens (including phenoxy) is 1. The number of nitrogens with zero attached hydrogens (tertiary/aromatic N) is 3. The van der Waals surface area contributed by atoms with Gasteiger partial charge in [-0.3, -0.25) is 9.58 Å². The van der Waals surface area contributed by atoms with Gasteiger partial charge in [0.1, 0.15) is 5.75 Å². The van der Waals surface area contributed by atoms with Gasteiger partial charge < -0.3 is 9.84 Å². The molecule has 0 saturated carbocycles. The summed E-state index contributed by atoms with van der Waals surface area (Å²) in [6.07, 6.45) is 8.07. The number of aliphatic hydroxyl groups is 1. The van der Waals surface area contributed by atoms with E-state index in [0.29, 0.717) is 19.1 Å². The molecular formula is C19H27N3O2.